The standard InChI is InChI=1S/C73H135NO8/c1-3-5-7-9-11-13-15-17-19-21-23-25-27-29-31-33-35-36-38-40-42-44-46-48-50-52-54-56-58-60-62-67(76)66(65-81-73-72(80)71(79)70(78)68(64-75)82-73)74-69(77)63-61-59-57-55-53-51-49-47-45-43-41-39-37-34-32-30-28-26-24-22-20-18-16-14-12-10-8-6-4-2/h6,8,12,14,18,20,24,26,30,32,66-68,70-73,75-76,78-80H,3-5,7,9-11,13,15-17,19,21-23,25,27-29,31,33-65H2,1-2H3,(H,74,77)/b8-6-,14-12-,20-18-,26-24-,32-30-. The molecule has 7 atom stereocenters. The molecule has 1 heterocycles. The van der Waals surface area contributed by atoms with E-state index in [2.05, 4.69) is 79.9 Å². The number of ether oxygens (including phenoxy) is 2. The Bertz CT molecular complexity index is 1480. The van der Waals surface area contributed by atoms with Gasteiger partial charge in [0, 0.05) is 6.42 Å². The molecule has 1 saturated heterocycles. The van der Waals surface area contributed by atoms with E-state index in [4.69, 9.17) is 9.47 Å². The molecule has 0 bridgehead atoms. The van der Waals surface area contributed by atoms with Crippen LogP contribution in [0.4, 0.5) is 0 Å². The van der Waals surface area contributed by atoms with Gasteiger partial charge in [-0.25, -0.2) is 0 Å². The summed E-state index contributed by atoms with van der Waals surface area (Å²) in [6, 6.07) is -0.724. The fourth-order valence-corrected chi connectivity index (χ4v) is 11.4. The highest BCUT2D eigenvalue weighted by Gasteiger charge is 2.44. The number of nitrogens with one attached hydrogen (secondary N) is 1. The van der Waals surface area contributed by atoms with E-state index in [0.717, 1.165) is 70.6 Å². The summed E-state index contributed by atoms with van der Waals surface area (Å²) >= 11 is 0. The Labute approximate surface area is 506 Å². The molecule has 480 valence electrons. The highest BCUT2D eigenvalue weighted by molar-refractivity contribution is 5.76. The van der Waals surface area contributed by atoms with Crippen molar-refractivity contribution in [1.82, 2.24) is 5.32 Å². The predicted molar refractivity (Wildman–Crippen MR) is 350 cm³/mol. The molecule has 0 radical (unpaired) electrons. The van der Waals surface area contributed by atoms with Crippen molar-refractivity contribution in [3.05, 3.63) is 60.8 Å². The van der Waals surface area contributed by atoms with E-state index in [1.165, 1.54) is 244 Å². The van der Waals surface area contributed by atoms with Gasteiger partial charge in [0.25, 0.3) is 0 Å². The lowest BCUT2D eigenvalue weighted by Crippen LogP contribution is -2.60. The number of carbonyl (C=O) groups is 1. The SMILES string of the molecule is CC/C=C\C/C=C\C/C=C\C/C=C\C/C=C\CCCCCCCCCCCCCCCC(=O)NC(COC1OC(CO)C(O)C(O)C1O)C(O)CCCCCCCCCCCCCCCCCCCCCCCCCCCCCCCC. The molecular formula is C73H135NO8. The van der Waals surface area contributed by atoms with Crippen LogP contribution in [0.5, 0.6) is 0 Å². The molecule has 0 spiro atoms. The van der Waals surface area contributed by atoms with Crippen LogP contribution in [0.15, 0.2) is 60.8 Å². The van der Waals surface area contributed by atoms with E-state index in [9.17, 15) is 30.3 Å². The second kappa shape index (κ2) is 62.0. The normalized spacial score (nSPS) is 18.6. The molecule has 6 N–H and O–H groups in total. The first-order valence-corrected chi connectivity index (χ1v) is 35.5. The minimum Gasteiger partial charge on any atom is -0.394 e. The Hall–Kier alpha value is -2.11. The van der Waals surface area contributed by atoms with Crippen LogP contribution >= 0.6 is 0 Å². The summed E-state index contributed by atoms with van der Waals surface area (Å²) in [7, 11) is 0. The van der Waals surface area contributed by atoms with Crippen molar-refractivity contribution in [2.75, 3.05) is 13.2 Å². The number of rotatable bonds is 62. The van der Waals surface area contributed by atoms with Gasteiger partial charge in [0.15, 0.2) is 6.29 Å². The molecule has 1 rings (SSSR count). The second-order valence-corrected chi connectivity index (χ2v) is 24.7. The molecule has 1 amide bonds. The molecule has 0 saturated carbocycles. The Morgan fingerprint density at radius 2 is 0.756 bits per heavy atom. The first-order valence-electron chi connectivity index (χ1n) is 35.5. The fraction of sp³-hybridized carbons (Fsp3) is 0.849. The van der Waals surface area contributed by atoms with Crippen LogP contribution in [-0.2, 0) is 14.3 Å². The highest BCUT2D eigenvalue weighted by Crippen LogP contribution is 2.24. The first-order chi connectivity index (χ1) is 40.3. The number of aliphatic hydroxyl groups excluding tert-OH is 5. The third kappa shape index (κ3) is 50.1. The topological polar surface area (TPSA) is 149 Å². The average molecular weight is 1150 g/mol. The van der Waals surface area contributed by atoms with Gasteiger partial charge in [-0.1, -0.05) is 338 Å². The lowest BCUT2D eigenvalue weighted by Gasteiger charge is -2.40. The predicted octanol–water partition coefficient (Wildman–Crippen LogP) is 19.4. The smallest absolute Gasteiger partial charge is 0.220 e. The van der Waals surface area contributed by atoms with Crippen molar-refractivity contribution in [3.8, 4) is 0 Å². The maximum absolute atomic E-state index is 13.2. The van der Waals surface area contributed by atoms with Gasteiger partial charge in [0.1, 0.15) is 24.4 Å². The molecule has 0 aromatic carbocycles. The van der Waals surface area contributed by atoms with Gasteiger partial charge in [0.05, 0.1) is 25.4 Å². The number of aliphatic hydroxyl groups is 5. The number of allylic oxidation sites excluding steroid dienone is 10. The Kier molecular flexibility index (Phi) is 58.9. The van der Waals surface area contributed by atoms with Crippen LogP contribution in [0.1, 0.15) is 341 Å². The van der Waals surface area contributed by atoms with Gasteiger partial charge in [0.2, 0.25) is 5.91 Å². The number of hydrogen-bond donors (Lipinski definition) is 6. The molecule has 1 aliphatic rings. The number of hydrogen-bond acceptors (Lipinski definition) is 8. The molecule has 1 fully saturated rings. The van der Waals surface area contributed by atoms with Crippen molar-refractivity contribution in [1.29, 1.82) is 0 Å². The van der Waals surface area contributed by atoms with Gasteiger partial charge in [-0.05, 0) is 57.8 Å². The molecule has 7 unspecified atom stereocenters. The van der Waals surface area contributed by atoms with Crippen molar-refractivity contribution < 1.29 is 39.8 Å². The highest BCUT2D eigenvalue weighted by atomic mass is 16.7. The van der Waals surface area contributed by atoms with Crippen LogP contribution in [0.2, 0.25) is 0 Å². The quantitative estimate of drug-likeness (QED) is 0.0261. The summed E-state index contributed by atoms with van der Waals surface area (Å²) in [5.74, 6) is -0.142. The van der Waals surface area contributed by atoms with Gasteiger partial charge < -0.3 is 40.3 Å². The van der Waals surface area contributed by atoms with Crippen molar-refractivity contribution in [3.63, 3.8) is 0 Å². The minimum atomic E-state index is -1.56. The summed E-state index contributed by atoms with van der Waals surface area (Å²) in [5.41, 5.74) is 0. The maximum Gasteiger partial charge on any atom is 0.220 e. The fourth-order valence-electron chi connectivity index (χ4n) is 11.4. The lowest BCUT2D eigenvalue weighted by atomic mass is 9.99. The first kappa shape index (κ1) is 77.9. The van der Waals surface area contributed by atoms with Crippen molar-refractivity contribution >= 4 is 5.91 Å². The molecule has 0 aromatic rings. The zero-order valence-corrected chi connectivity index (χ0v) is 53.8. The Morgan fingerprint density at radius 3 is 1.12 bits per heavy atom. The van der Waals surface area contributed by atoms with Gasteiger partial charge >= 0.3 is 0 Å². The summed E-state index contributed by atoms with van der Waals surface area (Å²) in [6.45, 7) is 3.77. The summed E-state index contributed by atoms with van der Waals surface area (Å²) in [4.78, 5) is 13.2. The molecule has 1 aliphatic heterocycles. The summed E-state index contributed by atoms with van der Waals surface area (Å²) in [6.07, 6.45) is 78.6. The number of carbonyl (C=O) groups excluding carboxylic acids is 1. The van der Waals surface area contributed by atoms with Crippen molar-refractivity contribution in [2.45, 2.75) is 384 Å². The third-order valence-corrected chi connectivity index (χ3v) is 16.9. The zero-order valence-electron chi connectivity index (χ0n) is 53.8. The van der Waals surface area contributed by atoms with Crippen LogP contribution in [0.25, 0.3) is 0 Å². The monoisotopic (exact) mass is 1150 g/mol. The number of amides is 1. The number of unbranched alkanes of at least 4 members (excludes halogenated alkanes) is 42. The largest absolute Gasteiger partial charge is 0.394 e. The second-order valence-electron chi connectivity index (χ2n) is 24.7. The van der Waals surface area contributed by atoms with E-state index in [1.54, 1.807) is 0 Å². The van der Waals surface area contributed by atoms with E-state index in [1.807, 2.05) is 0 Å². The molecule has 0 aliphatic carbocycles. The molecule has 82 heavy (non-hydrogen) atoms. The summed E-state index contributed by atoms with van der Waals surface area (Å²) in [5, 5.41) is 55.0. The van der Waals surface area contributed by atoms with Crippen LogP contribution in [0.3, 0.4) is 0 Å². The van der Waals surface area contributed by atoms with Crippen molar-refractivity contribution in [2.24, 2.45) is 0 Å². The van der Waals surface area contributed by atoms with E-state index >= 15 is 0 Å². The van der Waals surface area contributed by atoms with Gasteiger partial charge in [-0.3, -0.25) is 4.79 Å². The van der Waals surface area contributed by atoms with Gasteiger partial charge in [-0.2, -0.15) is 0 Å². The van der Waals surface area contributed by atoms with Crippen LogP contribution in [0, 0.1) is 0 Å². The molecule has 9 heteroatoms. The van der Waals surface area contributed by atoms with E-state index in [0.29, 0.717) is 12.8 Å². The minimum absolute atomic E-state index is 0.138. The van der Waals surface area contributed by atoms with Crippen LogP contribution < -0.4 is 5.32 Å². The average Bonchev–Trinajstić information content (AvgIpc) is 3.57. The zero-order chi connectivity index (χ0) is 59.3. The van der Waals surface area contributed by atoms with Gasteiger partial charge in [-0.15, -0.1) is 0 Å². The van der Waals surface area contributed by atoms with E-state index < -0.39 is 49.5 Å². The molecular weight excluding hydrogens is 1020 g/mol. The molecule has 0 aromatic heterocycles. The van der Waals surface area contributed by atoms with E-state index in [-0.39, 0.29) is 12.5 Å². The maximum atomic E-state index is 13.2. The summed E-state index contributed by atoms with van der Waals surface area (Å²) < 4.78 is 11.4. The molecule has 9 nitrogen and oxygen atoms in total. The lowest BCUT2D eigenvalue weighted by molar-refractivity contribution is -0.302. The van der Waals surface area contributed by atoms with Crippen LogP contribution in [-0.4, -0.2) is 87.5 Å². The Morgan fingerprint density at radius 1 is 0.427 bits per heavy atom. The Balaban J connectivity index is 2.11. The third-order valence-electron chi connectivity index (χ3n) is 16.9.